The minimum atomic E-state index is -0.424. The summed E-state index contributed by atoms with van der Waals surface area (Å²) in [6, 6.07) is 0. The summed E-state index contributed by atoms with van der Waals surface area (Å²) in [7, 11) is 0. The van der Waals surface area contributed by atoms with Gasteiger partial charge in [-0.25, -0.2) is 4.79 Å². The van der Waals surface area contributed by atoms with Crippen LogP contribution in [-0.4, -0.2) is 18.2 Å². The highest BCUT2D eigenvalue weighted by atomic mass is 16.6. The lowest BCUT2D eigenvalue weighted by atomic mass is 10.0. The van der Waals surface area contributed by atoms with Crippen molar-refractivity contribution < 1.29 is 14.3 Å². The van der Waals surface area contributed by atoms with Gasteiger partial charge in [0.05, 0.1) is 6.08 Å². The maximum atomic E-state index is 11.3. The predicted molar refractivity (Wildman–Crippen MR) is 60.8 cm³/mol. The molecule has 1 saturated carbocycles. The number of hydrogen-bond donors (Lipinski definition) is 0. The molecule has 0 radical (unpaired) electrons. The van der Waals surface area contributed by atoms with Crippen LogP contribution in [0.1, 0.15) is 39.5 Å². The first-order valence-corrected chi connectivity index (χ1v) is 5.84. The van der Waals surface area contributed by atoms with Crippen LogP contribution >= 0.6 is 0 Å². The number of allylic oxidation sites excluding steroid dienone is 1. The van der Waals surface area contributed by atoms with Crippen LogP contribution in [0.15, 0.2) is 23.5 Å². The molecule has 88 valence electrons. The van der Waals surface area contributed by atoms with Gasteiger partial charge < -0.3 is 9.47 Å². The summed E-state index contributed by atoms with van der Waals surface area (Å²) >= 11 is 0. The van der Waals surface area contributed by atoms with Crippen molar-refractivity contribution >= 4 is 5.97 Å². The molecular formula is C13H18O3. The second-order valence-corrected chi connectivity index (χ2v) is 4.72. The van der Waals surface area contributed by atoms with Crippen molar-refractivity contribution in [3.63, 3.8) is 0 Å². The highest BCUT2D eigenvalue weighted by Gasteiger charge is 2.46. The maximum absolute atomic E-state index is 11.3. The van der Waals surface area contributed by atoms with Crippen LogP contribution in [0.25, 0.3) is 0 Å². The molecule has 2 aliphatic rings. The zero-order valence-electron chi connectivity index (χ0n) is 9.91. The van der Waals surface area contributed by atoms with E-state index in [0.717, 1.165) is 31.4 Å². The fourth-order valence-electron chi connectivity index (χ4n) is 2.28. The van der Waals surface area contributed by atoms with Crippen molar-refractivity contribution in [2.45, 2.75) is 45.1 Å². The average molecular weight is 222 g/mol. The smallest absolute Gasteiger partial charge is 0.335 e. The first-order valence-electron chi connectivity index (χ1n) is 5.84. The van der Waals surface area contributed by atoms with E-state index in [0.29, 0.717) is 6.61 Å². The molecule has 2 rings (SSSR count). The summed E-state index contributed by atoms with van der Waals surface area (Å²) in [5.74, 6) is 0.474. The van der Waals surface area contributed by atoms with Gasteiger partial charge in [-0.15, -0.1) is 0 Å². The van der Waals surface area contributed by atoms with E-state index >= 15 is 0 Å². The molecular weight excluding hydrogens is 204 g/mol. The Balaban J connectivity index is 2.03. The quantitative estimate of drug-likeness (QED) is 0.544. The molecule has 0 aromatic carbocycles. The number of esters is 1. The van der Waals surface area contributed by atoms with Gasteiger partial charge in [-0.3, -0.25) is 0 Å². The lowest BCUT2D eigenvalue weighted by molar-refractivity contribution is -0.147. The Morgan fingerprint density at radius 1 is 1.50 bits per heavy atom. The molecule has 1 aliphatic carbocycles. The molecule has 0 N–H and O–H groups in total. The Hall–Kier alpha value is -1.25. The first kappa shape index (κ1) is 11.2. The number of carbonyl (C=O) groups is 1. The number of rotatable bonds is 3. The molecule has 0 saturated heterocycles. The molecule has 1 heterocycles. The fraction of sp³-hybridized carbons (Fsp3) is 0.615. The summed E-state index contributed by atoms with van der Waals surface area (Å²) in [5, 5.41) is 0. The van der Waals surface area contributed by atoms with Crippen molar-refractivity contribution in [1.82, 2.24) is 0 Å². The van der Waals surface area contributed by atoms with E-state index in [9.17, 15) is 4.79 Å². The lowest BCUT2D eigenvalue weighted by Gasteiger charge is -2.25. The van der Waals surface area contributed by atoms with E-state index < -0.39 is 5.60 Å². The molecule has 0 amide bonds. The van der Waals surface area contributed by atoms with Crippen molar-refractivity contribution in [1.29, 1.82) is 0 Å². The van der Waals surface area contributed by atoms with Crippen LogP contribution in [0.4, 0.5) is 0 Å². The third-order valence-electron chi connectivity index (χ3n) is 3.14. The number of ether oxygens (including phenoxy) is 2. The van der Waals surface area contributed by atoms with E-state index in [1.54, 1.807) is 0 Å². The van der Waals surface area contributed by atoms with Crippen LogP contribution in [0.5, 0.6) is 0 Å². The van der Waals surface area contributed by atoms with E-state index in [1.807, 2.05) is 19.9 Å². The van der Waals surface area contributed by atoms with E-state index in [2.05, 4.69) is 0 Å². The zero-order chi connectivity index (χ0) is 11.6. The second kappa shape index (κ2) is 4.32. The SMILES string of the molecule is CC(C)=CCOC1=CC(=O)OC12CCCC2. The zero-order valence-corrected chi connectivity index (χ0v) is 9.91. The third kappa shape index (κ3) is 2.13. The van der Waals surface area contributed by atoms with Crippen molar-refractivity contribution in [3.8, 4) is 0 Å². The Bertz CT molecular complexity index is 342. The normalized spacial score (nSPS) is 21.9. The minimum Gasteiger partial charge on any atom is -0.489 e. The average Bonchev–Trinajstić information content (AvgIpc) is 2.76. The van der Waals surface area contributed by atoms with Crippen LogP contribution in [0.2, 0.25) is 0 Å². The van der Waals surface area contributed by atoms with Gasteiger partial charge in [0.15, 0.2) is 5.60 Å². The van der Waals surface area contributed by atoms with Crippen LogP contribution in [0.3, 0.4) is 0 Å². The van der Waals surface area contributed by atoms with Crippen molar-refractivity contribution in [2.24, 2.45) is 0 Å². The molecule has 0 unspecified atom stereocenters. The van der Waals surface area contributed by atoms with Crippen LogP contribution < -0.4 is 0 Å². The van der Waals surface area contributed by atoms with Gasteiger partial charge in [-0.2, -0.15) is 0 Å². The Morgan fingerprint density at radius 2 is 2.19 bits per heavy atom. The Kier molecular flexibility index (Phi) is 3.03. The van der Waals surface area contributed by atoms with E-state index in [-0.39, 0.29) is 5.97 Å². The molecule has 0 aromatic heterocycles. The summed E-state index contributed by atoms with van der Waals surface area (Å²) < 4.78 is 11.1. The third-order valence-corrected chi connectivity index (χ3v) is 3.14. The highest BCUT2D eigenvalue weighted by molar-refractivity contribution is 5.86. The summed E-state index contributed by atoms with van der Waals surface area (Å²) in [4.78, 5) is 11.3. The number of carbonyl (C=O) groups excluding carboxylic acids is 1. The number of hydrogen-bond acceptors (Lipinski definition) is 3. The molecule has 1 aliphatic heterocycles. The monoisotopic (exact) mass is 222 g/mol. The molecule has 1 fully saturated rings. The second-order valence-electron chi connectivity index (χ2n) is 4.72. The topological polar surface area (TPSA) is 35.5 Å². The van der Waals surface area contributed by atoms with Gasteiger partial charge >= 0.3 is 5.97 Å². The molecule has 16 heavy (non-hydrogen) atoms. The largest absolute Gasteiger partial charge is 0.489 e. The fourth-order valence-corrected chi connectivity index (χ4v) is 2.28. The molecule has 0 bridgehead atoms. The van der Waals surface area contributed by atoms with Gasteiger partial charge in [0.25, 0.3) is 0 Å². The lowest BCUT2D eigenvalue weighted by Crippen LogP contribution is -2.29. The summed E-state index contributed by atoms with van der Waals surface area (Å²) in [5.41, 5.74) is 0.790. The first-order chi connectivity index (χ1) is 7.62. The van der Waals surface area contributed by atoms with Crippen molar-refractivity contribution in [3.05, 3.63) is 23.5 Å². The van der Waals surface area contributed by atoms with E-state index in [4.69, 9.17) is 9.47 Å². The summed E-state index contributed by atoms with van der Waals surface area (Å²) in [6.07, 6.45) is 7.53. The van der Waals surface area contributed by atoms with Gasteiger partial charge in [0.1, 0.15) is 12.4 Å². The standard InChI is InChI=1S/C13H18O3/c1-10(2)5-8-15-11-9-12(14)16-13(11)6-3-4-7-13/h5,9H,3-4,6-8H2,1-2H3. The van der Waals surface area contributed by atoms with Gasteiger partial charge in [-0.05, 0) is 45.6 Å². The molecule has 1 spiro atoms. The molecule has 0 atom stereocenters. The molecule has 3 heteroatoms. The van der Waals surface area contributed by atoms with Gasteiger partial charge in [0.2, 0.25) is 0 Å². The summed E-state index contributed by atoms with van der Waals surface area (Å²) in [6.45, 7) is 4.57. The Labute approximate surface area is 96.1 Å². The van der Waals surface area contributed by atoms with Crippen LogP contribution in [-0.2, 0) is 14.3 Å². The minimum absolute atomic E-state index is 0.255. The van der Waals surface area contributed by atoms with Gasteiger partial charge in [0, 0.05) is 0 Å². The van der Waals surface area contributed by atoms with E-state index in [1.165, 1.54) is 11.6 Å². The highest BCUT2D eigenvalue weighted by Crippen LogP contribution is 2.42. The van der Waals surface area contributed by atoms with Gasteiger partial charge in [-0.1, -0.05) is 5.57 Å². The van der Waals surface area contributed by atoms with Crippen molar-refractivity contribution in [2.75, 3.05) is 6.61 Å². The maximum Gasteiger partial charge on any atom is 0.335 e. The molecule has 0 aromatic rings. The Morgan fingerprint density at radius 3 is 2.81 bits per heavy atom. The predicted octanol–water partition coefficient (Wildman–Crippen LogP) is 2.72. The van der Waals surface area contributed by atoms with Crippen LogP contribution in [0, 0.1) is 0 Å². The molecule has 3 nitrogen and oxygen atoms in total.